The minimum absolute atomic E-state index is 0.0262. The van der Waals surface area contributed by atoms with Crippen LogP contribution in [0, 0.1) is 0 Å². The van der Waals surface area contributed by atoms with Crippen LogP contribution in [0.3, 0.4) is 0 Å². The molecule has 1 aliphatic rings. The van der Waals surface area contributed by atoms with Gasteiger partial charge in [0, 0.05) is 33.5 Å². The van der Waals surface area contributed by atoms with Gasteiger partial charge in [-0.15, -0.1) is 0 Å². The molecule has 4 heteroatoms. The van der Waals surface area contributed by atoms with E-state index in [0.717, 1.165) is 52.4 Å². The second kappa shape index (κ2) is 13.1. The molecule has 7 rings (SSSR count). The minimum atomic E-state index is -0.0262. The van der Waals surface area contributed by atoms with Crippen LogP contribution in [-0.4, -0.2) is 21.6 Å². The molecular formula is C42H45N3O. The SMILES string of the molecule is CCCCCCC1(CCCCCC)c2ccc(-c3ccc4c5ccccc5n(-c5ccccn5)c4c3)nc2-c2c(OC)cccc21. The molecule has 0 saturated heterocycles. The first-order valence-corrected chi connectivity index (χ1v) is 17.3. The molecule has 0 fully saturated rings. The largest absolute Gasteiger partial charge is 0.496 e. The average molecular weight is 608 g/mol. The number of hydrogen-bond acceptors (Lipinski definition) is 3. The summed E-state index contributed by atoms with van der Waals surface area (Å²) in [4.78, 5) is 10.3. The van der Waals surface area contributed by atoms with Crippen LogP contribution >= 0.6 is 0 Å². The first kappa shape index (κ1) is 30.2. The average Bonchev–Trinajstić information content (AvgIpc) is 3.58. The van der Waals surface area contributed by atoms with E-state index < -0.39 is 0 Å². The van der Waals surface area contributed by atoms with Gasteiger partial charge in [0.1, 0.15) is 11.6 Å². The van der Waals surface area contributed by atoms with Crippen LogP contribution < -0.4 is 4.74 Å². The molecule has 0 spiro atoms. The summed E-state index contributed by atoms with van der Waals surface area (Å²) in [6, 6.07) is 32.8. The Morgan fingerprint density at radius 2 is 1.43 bits per heavy atom. The number of benzene rings is 3. The molecule has 3 aromatic heterocycles. The Labute approximate surface area is 273 Å². The molecule has 46 heavy (non-hydrogen) atoms. The van der Waals surface area contributed by atoms with Crippen molar-refractivity contribution in [3.8, 4) is 34.1 Å². The molecule has 0 aliphatic heterocycles. The number of aromatic nitrogens is 3. The molecular weight excluding hydrogens is 562 g/mol. The van der Waals surface area contributed by atoms with Crippen molar-refractivity contribution in [1.82, 2.24) is 14.5 Å². The number of rotatable bonds is 13. The van der Waals surface area contributed by atoms with E-state index in [-0.39, 0.29) is 5.41 Å². The van der Waals surface area contributed by atoms with Crippen molar-refractivity contribution in [3.63, 3.8) is 0 Å². The normalized spacial score (nSPS) is 13.3. The fourth-order valence-corrected chi connectivity index (χ4v) is 7.92. The van der Waals surface area contributed by atoms with Crippen molar-refractivity contribution in [3.05, 3.63) is 108 Å². The number of hydrogen-bond donors (Lipinski definition) is 0. The van der Waals surface area contributed by atoms with E-state index in [1.807, 2.05) is 12.3 Å². The third-order valence-corrected chi connectivity index (χ3v) is 10.2. The van der Waals surface area contributed by atoms with E-state index in [2.05, 4.69) is 103 Å². The Balaban J connectivity index is 1.38. The number of ether oxygens (including phenoxy) is 1. The Morgan fingerprint density at radius 3 is 2.17 bits per heavy atom. The second-order valence-corrected chi connectivity index (χ2v) is 13.0. The summed E-state index contributed by atoms with van der Waals surface area (Å²) in [6.45, 7) is 4.59. The van der Waals surface area contributed by atoms with Crippen LogP contribution in [0.25, 0.3) is 50.1 Å². The number of nitrogens with zero attached hydrogens (tertiary/aromatic N) is 3. The van der Waals surface area contributed by atoms with E-state index in [9.17, 15) is 0 Å². The third kappa shape index (κ3) is 5.18. The van der Waals surface area contributed by atoms with E-state index in [1.165, 1.54) is 78.8 Å². The third-order valence-electron chi connectivity index (χ3n) is 10.2. The Hall–Kier alpha value is -4.44. The van der Waals surface area contributed by atoms with Crippen molar-refractivity contribution < 1.29 is 4.74 Å². The predicted molar refractivity (Wildman–Crippen MR) is 192 cm³/mol. The molecule has 0 bridgehead atoms. The summed E-state index contributed by atoms with van der Waals surface area (Å²) in [5.74, 6) is 1.85. The first-order valence-electron chi connectivity index (χ1n) is 17.3. The zero-order valence-electron chi connectivity index (χ0n) is 27.6. The minimum Gasteiger partial charge on any atom is -0.496 e. The first-order chi connectivity index (χ1) is 22.7. The summed E-state index contributed by atoms with van der Waals surface area (Å²) >= 11 is 0. The van der Waals surface area contributed by atoms with Crippen LogP contribution in [0.5, 0.6) is 5.75 Å². The van der Waals surface area contributed by atoms with Crippen molar-refractivity contribution in [1.29, 1.82) is 0 Å². The molecule has 0 unspecified atom stereocenters. The molecule has 234 valence electrons. The molecule has 3 heterocycles. The van der Waals surface area contributed by atoms with Gasteiger partial charge < -0.3 is 4.74 Å². The highest BCUT2D eigenvalue weighted by Gasteiger charge is 2.44. The summed E-state index contributed by atoms with van der Waals surface area (Å²) < 4.78 is 8.32. The van der Waals surface area contributed by atoms with Gasteiger partial charge in [-0.2, -0.15) is 0 Å². The van der Waals surface area contributed by atoms with Gasteiger partial charge in [-0.25, -0.2) is 9.97 Å². The molecule has 0 N–H and O–H groups in total. The van der Waals surface area contributed by atoms with Gasteiger partial charge in [-0.05, 0) is 60.4 Å². The summed E-state index contributed by atoms with van der Waals surface area (Å²) in [5, 5.41) is 2.45. The van der Waals surface area contributed by atoms with Gasteiger partial charge in [0.15, 0.2) is 0 Å². The maximum absolute atomic E-state index is 6.04. The Kier molecular flexibility index (Phi) is 8.62. The van der Waals surface area contributed by atoms with Crippen molar-refractivity contribution >= 4 is 21.8 Å². The lowest BCUT2D eigenvalue weighted by Gasteiger charge is -2.32. The number of unbranched alkanes of at least 4 members (excludes halogenated alkanes) is 6. The standard InChI is InChI=1S/C42H45N3O/c1-4-6-8-13-26-42(27-14-9-7-5-2)33-18-16-20-38(46-3)40(33)41-34(42)24-25-35(44-41)30-22-23-32-31-17-10-11-19-36(31)45(37(32)29-30)39-21-12-15-28-43-39/h10-12,15-25,28-29H,4-9,13-14,26-27H2,1-3H3. The van der Waals surface area contributed by atoms with Gasteiger partial charge in [0.05, 0.1) is 29.5 Å². The van der Waals surface area contributed by atoms with Crippen LogP contribution in [0.2, 0.25) is 0 Å². The predicted octanol–water partition coefficient (Wildman–Crippen LogP) is 11.5. The van der Waals surface area contributed by atoms with E-state index in [4.69, 9.17) is 14.7 Å². The molecule has 1 aliphatic carbocycles. The van der Waals surface area contributed by atoms with E-state index >= 15 is 0 Å². The number of fused-ring (bicyclic) bond motifs is 6. The van der Waals surface area contributed by atoms with Crippen LogP contribution in [-0.2, 0) is 5.41 Å². The van der Waals surface area contributed by atoms with Crippen molar-refractivity contribution in [2.45, 2.75) is 83.5 Å². The molecule has 6 aromatic rings. The van der Waals surface area contributed by atoms with Gasteiger partial charge in [-0.3, -0.25) is 4.57 Å². The van der Waals surface area contributed by atoms with Crippen LogP contribution in [0.15, 0.2) is 97.2 Å². The number of methoxy groups -OCH3 is 1. The van der Waals surface area contributed by atoms with Crippen molar-refractivity contribution in [2.75, 3.05) is 7.11 Å². The van der Waals surface area contributed by atoms with Crippen molar-refractivity contribution in [2.24, 2.45) is 0 Å². The maximum Gasteiger partial charge on any atom is 0.137 e. The zero-order chi connectivity index (χ0) is 31.5. The highest BCUT2D eigenvalue weighted by Crippen LogP contribution is 2.56. The van der Waals surface area contributed by atoms with Gasteiger partial charge in [0.2, 0.25) is 0 Å². The summed E-state index contributed by atoms with van der Waals surface area (Å²) in [7, 11) is 1.80. The lowest BCUT2D eigenvalue weighted by Crippen LogP contribution is -2.25. The lowest BCUT2D eigenvalue weighted by atomic mass is 9.70. The van der Waals surface area contributed by atoms with Gasteiger partial charge in [0.25, 0.3) is 0 Å². The van der Waals surface area contributed by atoms with E-state index in [0.29, 0.717) is 0 Å². The molecule has 0 atom stereocenters. The topological polar surface area (TPSA) is 39.9 Å². The van der Waals surface area contributed by atoms with Gasteiger partial charge in [-0.1, -0.05) is 120 Å². The number of para-hydroxylation sites is 1. The molecule has 0 amide bonds. The molecule has 0 saturated carbocycles. The molecule has 3 aromatic carbocycles. The maximum atomic E-state index is 6.04. The highest BCUT2D eigenvalue weighted by atomic mass is 16.5. The lowest BCUT2D eigenvalue weighted by molar-refractivity contribution is 0.396. The Morgan fingerprint density at radius 1 is 0.674 bits per heavy atom. The van der Waals surface area contributed by atoms with Gasteiger partial charge >= 0.3 is 0 Å². The smallest absolute Gasteiger partial charge is 0.137 e. The quantitative estimate of drug-likeness (QED) is 0.123. The second-order valence-electron chi connectivity index (χ2n) is 13.0. The fourth-order valence-electron chi connectivity index (χ4n) is 7.92. The molecule has 0 radical (unpaired) electrons. The highest BCUT2D eigenvalue weighted by molar-refractivity contribution is 6.10. The zero-order valence-corrected chi connectivity index (χ0v) is 27.6. The monoisotopic (exact) mass is 607 g/mol. The summed E-state index contributed by atoms with van der Waals surface area (Å²) in [5.41, 5.74) is 9.44. The van der Waals surface area contributed by atoms with Crippen LogP contribution in [0.1, 0.15) is 89.2 Å². The Bertz CT molecular complexity index is 1960. The van der Waals surface area contributed by atoms with Crippen LogP contribution in [0.4, 0.5) is 0 Å². The molecule has 4 nitrogen and oxygen atoms in total. The number of pyridine rings is 2. The van der Waals surface area contributed by atoms with E-state index in [1.54, 1.807) is 7.11 Å². The summed E-state index contributed by atoms with van der Waals surface area (Å²) in [6.07, 6.45) is 14.3. The fraction of sp³-hybridized carbons (Fsp3) is 0.333.